The molecule has 1 aliphatic rings. The maximum Gasteiger partial charge on any atom is 0.243 e. The molecule has 1 aromatic rings. The van der Waals surface area contributed by atoms with Gasteiger partial charge in [0.1, 0.15) is 0 Å². The molecule has 1 N–H and O–H groups in total. The average Bonchev–Trinajstić information content (AvgIpc) is 2.84. The van der Waals surface area contributed by atoms with E-state index in [9.17, 15) is 8.42 Å². The highest BCUT2D eigenvalue weighted by atomic mass is 35.5. The lowest BCUT2D eigenvalue weighted by Crippen LogP contribution is -2.41. The van der Waals surface area contributed by atoms with Crippen LogP contribution in [0.15, 0.2) is 29.2 Å². The van der Waals surface area contributed by atoms with Gasteiger partial charge in [-0.1, -0.05) is 18.5 Å². The summed E-state index contributed by atoms with van der Waals surface area (Å²) in [4.78, 5) is 0.306. The van der Waals surface area contributed by atoms with Gasteiger partial charge in [0.25, 0.3) is 0 Å². The number of hydrogen-bond donors (Lipinski definition) is 1. The molecule has 1 unspecified atom stereocenters. The third kappa shape index (κ3) is 2.69. The van der Waals surface area contributed by atoms with Gasteiger partial charge in [-0.25, -0.2) is 8.42 Å². The van der Waals surface area contributed by atoms with E-state index in [2.05, 4.69) is 5.32 Å². The normalized spacial score (nSPS) is 20.5. The first kappa shape index (κ1) is 13.8. The molecular weight excluding hydrogens is 272 g/mol. The minimum Gasteiger partial charge on any atom is -0.315 e. The zero-order chi connectivity index (χ0) is 13.2. The van der Waals surface area contributed by atoms with Crippen molar-refractivity contribution < 1.29 is 8.42 Å². The summed E-state index contributed by atoms with van der Waals surface area (Å²) in [5.41, 5.74) is 0. The number of nitrogens with zero attached hydrogens (tertiary/aromatic N) is 1. The van der Waals surface area contributed by atoms with Gasteiger partial charge in [-0.15, -0.1) is 0 Å². The lowest BCUT2D eigenvalue weighted by Gasteiger charge is -2.26. The number of benzene rings is 1. The Morgan fingerprint density at radius 1 is 1.39 bits per heavy atom. The third-order valence-electron chi connectivity index (χ3n) is 3.17. The first-order valence-electron chi connectivity index (χ1n) is 6.04. The number of nitrogens with one attached hydrogen (secondary N) is 1. The zero-order valence-corrected chi connectivity index (χ0v) is 11.8. The highest BCUT2D eigenvalue weighted by Crippen LogP contribution is 2.22. The van der Waals surface area contributed by atoms with Gasteiger partial charge in [-0.05, 0) is 37.2 Å². The van der Waals surface area contributed by atoms with Gasteiger partial charge >= 0.3 is 0 Å². The highest BCUT2D eigenvalue weighted by Gasteiger charge is 2.31. The average molecular weight is 289 g/mol. The number of rotatable bonds is 4. The zero-order valence-electron chi connectivity index (χ0n) is 10.3. The van der Waals surface area contributed by atoms with Crippen LogP contribution in [0.4, 0.5) is 0 Å². The fourth-order valence-electron chi connectivity index (χ4n) is 2.25. The van der Waals surface area contributed by atoms with E-state index in [0.29, 0.717) is 16.5 Å². The predicted molar refractivity (Wildman–Crippen MR) is 72.3 cm³/mol. The second kappa shape index (κ2) is 5.57. The van der Waals surface area contributed by atoms with Crippen LogP contribution < -0.4 is 5.32 Å². The van der Waals surface area contributed by atoms with Crippen molar-refractivity contribution in [3.05, 3.63) is 29.3 Å². The van der Waals surface area contributed by atoms with Gasteiger partial charge < -0.3 is 5.32 Å². The minimum atomic E-state index is -3.42. The maximum atomic E-state index is 12.5. The standard InChI is InChI=1S/C12H17ClN2O2S/c1-2-15(11-7-8-14-9-11)18(16,17)12-5-3-10(13)4-6-12/h3-6,11,14H,2,7-9H2,1H3. The second-order valence-corrected chi connectivity index (χ2v) is 6.64. The number of halogens is 1. The number of hydrogen-bond acceptors (Lipinski definition) is 3. The van der Waals surface area contributed by atoms with Crippen molar-refractivity contribution in [1.29, 1.82) is 0 Å². The fourth-order valence-corrected chi connectivity index (χ4v) is 4.04. The molecule has 0 saturated carbocycles. The molecule has 1 fully saturated rings. The van der Waals surface area contributed by atoms with Gasteiger partial charge in [0.15, 0.2) is 0 Å². The van der Waals surface area contributed by atoms with Crippen molar-refractivity contribution in [1.82, 2.24) is 9.62 Å². The van der Waals surface area contributed by atoms with Crippen molar-refractivity contribution in [2.45, 2.75) is 24.3 Å². The second-order valence-electron chi connectivity index (χ2n) is 4.31. The van der Waals surface area contributed by atoms with Gasteiger partial charge in [-0.2, -0.15) is 4.31 Å². The SMILES string of the molecule is CCN(C1CCNC1)S(=O)(=O)c1ccc(Cl)cc1. The maximum absolute atomic E-state index is 12.5. The molecule has 4 nitrogen and oxygen atoms in total. The van der Waals surface area contributed by atoms with E-state index in [1.165, 1.54) is 0 Å². The molecule has 100 valence electrons. The molecule has 6 heteroatoms. The predicted octanol–water partition coefficient (Wildman–Crippen LogP) is 1.71. The molecule has 1 aromatic carbocycles. The van der Waals surface area contributed by atoms with Crippen LogP contribution in [0.1, 0.15) is 13.3 Å². The van der Waals surface area contributed by atoms with E-state index in [1.54, 1.807) is 28.6 Å². The Bertz CT molecular complexity index is 495. The van der Waals surface area contributed by atoms with Crippen LogP contribution in [0.2, 0.25) is 5.02 Å². The first-order chi connectivity index (χ1) is 8.55. The third-order valence-corrected chi connectivity index (χ3v) is 5.47. The molecule has 0 bridgehead atoms. The van der Waals surface area contributed by atoms with E-state index in [-0.39, 0.29) is 6.04 Å². The van der Waals surface area contributed by atoms with Crippen LogP contribution in [0.5, 0.6) is 0 Å². The molecule has 1 saturated heterocycles. The lowest BCUT2D eigenvalue weighted by molar-refractivity contribution is 0.349. The molecule has 1 aliphatic heterocycles. The first-order valence-corrected chi connectivity index (χ1v) is 7.85. The van der Waals surface area contributed by atoms with Crippen LogP contribution in [0, 0.1) is 0 Å². The van der Waals surface area contributed by atoms with Gasteiger partial charge in [-0.3, -0.25) is 0 Å². The topological polar surface area (TPSA) is 49.4 Å². The Labute approximate surface area is 113 Å². The summed E-state index contributed by atoms with van der Waals surface area (Å²) >= 11 is 5.78. The number of sulfonamides is 1. The van der Waals surface area contributed by atoms with E-state index < -0.39 is 10.0 Å². The fraction of sp³-hybridized carbons (Fsp3) is 0.500. The van der Waals surface area contributed by atoms with Crippen molar-refractivity contribution >= 4 is 21.6 Å². The largest absolute Gasteiger partial charge is 0.315 e. The monoisotopic (exact) mass is 288 g/mol. The van der Waals surface area contributed by atoms with Gasteiger partial charge in [0.05, 0.1) is 4.90 Å². The molecule has 0 amide bonds. The van der Waals surface area contributed by atoms with Crippen LogP contribution in [0.3, 0.4) is 0 Å². The van der Waals surface area contributed by atoms with Crippen molar-refractivity contribution in [2.75, 3.05) is 19.6 Å². The molecule has 0 spiro atoms. The van der Waals surface area contributed by atoms with Crippen molar-refractivity contribution in [3.63, 3.8) is 0 Å². The Hall–Kier alpha value is -0.620. The van der Waals surface area contributed by atoms with Crippen molar-refractivity contribution in [3.8, 4) is 0 Å². The van der Waals surface area contributed by atoms with Crippen LogP contribution in [-0.2, 0) is 10.0 Å². The summed E-state index contributed by atoms with van der Waals surface area (Å²) in [6.45, 7) is 3.95. The summed E-state index contributed by atoms with van der Waals surface area (Å²) in [6.07, 6.45) is 0.862. The van der Waals surface area contributed by atoms with E-state index in [0.717, 1.165) is 19.5 Å². The lowest BCUT2D eigenvalue weighted by atomic mass is 10.3. The summed E-state index contributed by atoms with van der Waals surface area (Å²) in [5, 5.41) is 3.73. The van der Waals surface area contributed by atoms with E-state index in [1.807, 2.05) is 6.92 Å². The molecule has 0 aromatic heterocycles. The van der Waals surface area contributed by atoms with Crippen LogP contribution >= 0.6 is 11.6 Å². The molecule has 1 heterocycles. The molecule has 0 aliphatic carbocycles. The van der Waals surface area contributed by atoms with Gasteiger partial charge in [0, 0.05) is 24.2 Å². The van der Waals surface area contributed by atoms with Crippen molar-refractivity contribution in [2.24, 2.45) is 0 Å². The Morgan fingerprint density at radius 3 is 2.56 bits per heavy atom. The quantitative estimate of drug-likeness (QED) is 0.918. The van der Waals surface area contributed by atoms with E-state index in [4.69, 9.17) is 11.6 Å². The summed E-state index contributed by atoms with van der Waals surface area (Å²) in [7, 11) is -3.42. The molecule has 2 rings (SSSR count). The van der Waals surface area contributed by atoms with Crippen LogP contribution in [0.25, 0.3) is 0 Å². The van der Waals surface area contributed by atoms with E-state index >= 15 is 0 Å². The minimum absolute atomic E-state index is 0.0516. The summed E-state index contributed by atoms with van der Waals surface area (Å²) < 4.78 is 26.6. The molecular formula is C12H17ClN2O2S. The molecule has 1 atom stereocenters. The Morgan fingerprint density at radius 2 is 2.06 bits per heavy atom. The van der Waals surface area contributed by atoms with Crippen LogP contribution in [-0.4, -0.2) is 38.4 Å². The Balaban J connectivity index is 2.30. The molecule has 18 heavy (non-hydrogen) atoms. The summed E-state index contributed by atoms with van der Waals surface area (Å²) in [6, 6.07) is 6.38. The summed E-state index contributed by atoms with van der Waals surface area (Å²) in [5.74, 6) is 0. The number of likely N-dealkylation sites (N-methyl/N-ethyl adjacent to an activating group) is 1. The molecule has 0 radical (unpaired) electrons. The smallest absolute Gasteiger partial charge is 0.243 e. The Kier molecular flexibility index (Phi) is 4.27. The van der Waals surface area contributed by atoms with Gasteiger partial charge in [0.2, 0.25) is 10.0 Å². The highest BCUT2D eigenvalue weighted by molar-refractivity contribution is 7.89.